The molecular formula is C15H13Cl2N3O2. The Kier molecular flexibility index (Phi) is 3.98. The molecule has 2 aromatic rings. The van der Waals surface area contributed by atoms with Crippen LogP contribution in [0, 0.1) is 16.7 Å². The van der Waals surface area contributed by atoms with Crippen molar-refractivity contribution in [2.75, 3.05) is 0 Å². The Morgan fingerprint density at radius 1 is 1.41 bits per heavy atom. The maximum Gasteiger partial charge on any atom is 0.326 e. The van der Waals surface area contributed by atoms with Gasteiger partial charge in [-0.3, -0.25) is 4.79 Å². The highest BCUT2D eigenvalue weighted by molar-refractivity contribution is 6.36. The fourth-order valence-corrected chi connectivity index (χ4v) is 3.29. The molecule has 22 heavy (non-hydrogen) atoms. The van der Waals surface area contributed by atoms with Gasteiger partial charge in [-0.2, -0.15) is 5.26 Å². The van der Waals surface area contributed by atoms with E-state index in [1.165, 1.54) is 0 Å². The van der Waals surface area contributed by atoms with Crippen molar-refractivity contribution in [1.29, 1.82) is 5.26 Å². The van der Waals surface area contributed by atoms with Crippen LogP contribution in [-0.4, -0.2) is 15.4 Å². The third kappa shape index (κ3) is 2.65. The molecule has 0 radical (unpaired) electrons. The molecule has 5 nitrogen and oxygen atoms in total. The number of nitrogens with zero attached hydrogens (tertiary/aromatic N) is 3. The van der Waals surface area contributed by atoms with Crippen LogP contribution in [0.4, 0.5) is 0 Å². The Bertz CT molecular complexity index is 773. The molecule has 0 amide bonds. The molecule has 1 aliphatic carbocycles. The highest BCUT2D eigenvalue weighted by atomic mass is 35.5. The molecule has 0 aromatic carbocycles. The van der Waals surface area contributed by atoms with E-state index < -0.39 is 11.4 Å². The summed E-state index contributed by atoms with van der Waals surface area (Å²) in [5.41, 5.74) is 0.122. The summed E-state index contributed by atoms with van der Waals surface area (Å²) in [5, 5.41) is 10.2. The fourth-order valence-electron chi connectivity index (χ4n) is 2.76. The molecule has 3 rings (SSSR count). The van der Waals surface area contributed by atoms with Gasteiger partial charge in [-0.1, -0.05) is 36.0 Å². The van der Waals surface area contributed by atoms with E-state index in [1.807, 2.05) is 0 Å². The Morgan fingerprint density at radius 2 is 2.14 bits per heavy atom. The number of aromatic nitrogens is 2. The number of hydrogen-bond donors (Lipinski definition) is 0. The van der Waals surface area contributed by atoms with Crippen LogP contribution in [0.25, 0.3) is 5.65 Å². The van der Waals surface area contributed by atoms with Crippen LogP contribution in [0.15, 0.2) is 18.5 Å². The van der Waals surface area contributed by atoms with Crippen LogP contribution in [0.5, 0.6) is 0 Å². The van der Waals surface area contributed by atoms with Gasteiger partial charge in [-0.05, 0) is 18.9 Å². The van der Waals surface area contributed by atoms with Gasteiger partial charge >= 0.3 is 5.97 Å². The van der Waals surface area contributed by atoms with Gasteiger partial charge in [0.15, 0.2) is 11.1 Å². The molecule has 0 N–H and O–H groups in total. The number of rotatable bonds is 3. The number of fused-ring (bicyclic) bond motifs is 1. The van der Waals surface area contributed by atoms with Crippen molar-refractivity contribution in [2.24, 2.45) is 5.41 Å². The van der Waals surface area contributed by atoms with E-state index in [9.17, 15) is 10.1 Å². The number of ether oxygens (including phenoxy) is 1. The molecule has 1 aliphatic rings. The summed E-state index contributed by atoms with van der Waals surface area (Å²) in [6, 6.07) is 3.72. The number of carbonyl (C=O) groups excluding carboxylic acids is 1. The number of halogens is 2. The van der Waals surface area contributed by atoms with Crippen molar-refractivity contribution in [2.45, 2.75) is 32.3 Å². The lowest BCUT2D eigenvalue weighted by molar-refractivity contribution is -0.153. The number of imidazole rings is 1. The predicted molar refractivity (Wildman–Crippen MR) is 81.5 cm³/mol. The number of hydrogen-bond acceptors (Lipinski definition) is 4. The number of carbonyl (C=O) groups is 1. The molecule has 1 fully saturated rings. The van der Waals surface area contributed by atoms with Crippen molar-refractivity contribution in [3.05, 3.63) is 34.2 Å². The lowest BCUT2D eigenvalue weighted by Crippen LogP contribution is -2.28. The van der Waals surface area contributed by atoms with Crippen LogP contribution < -0.4 is 0 Å². The van der Waals surface area contributed by atoms with E-state index in [1.54, 1.807) is 22.9 Å². The summed E-state index contributed by atoms with van der Waals surface area (Å²) < 4.78 is 6.98. The minimum atomic E-state index is -0.986. The number of pyridine rings is 1. The second kappa shape index (κ2) is 5.79. The maximum atomic E-state index is 12.2. The molecule has 1 saturated carbocycles. The monoisotopic (exact) mass is 337 g/mol. The summed E-state index contributed by atoms with van der Waals surface area (Å²) in [6.45, 7) is 0.0118. The smallest absolute Gasteiger partial charge is 0.326 e. The van der Waals surface area contributed by atoms with Crippen molar-refractivity contribution < 1.29 is 9.53 Å². The third-order valence-corrected chi connectivity index (χ3v) is 4.42. The van der Waals surface area contributed by atoms with Gasteiger partial charge in [0.2, 0.25) is 0 Å². The molecule has 0 spiro atoms. The van der Waals surface area contributed by atoms with Gasteiger partial charge in [0, 0.05) is 12.4 Å². The fraction of sp³-hybridized carbons (Fsp3) is 0.400. The molecule has 0 aliphatic heterocycles. The van der Waals surface area contributed by atoms with Crippen molar-refractivity contribution in [3.8, 4) is 6.07 Å². The summed E-state index contributed by atoms with van der Waals surface area (Å²) in [7, 11) is 0. The SMILES string of the molecule is N#CC1(C(=O)OCc2cn3cc(Cl)cc(Cl)c3n2)CCCC1. The van der Waals surface area contributed by atoms with Gasteiger partial charge in [-0.25, -0.2) is 4.98 Å². The minimum Gasteiger partial charge on any atom is -0.458 e. The largest absolute Gasteiger partial charge is 0.458 e. The molecule has 0 unspecified atom stereocenters. The first-order valence-electron chi connectivity index (χ1n) is 6.95. The van der Waals surface area contributed by atoms with E-state index in [0.717, 1.165) is 12.8 Å². The first kappa shape index (κ1) is 15.1. The molecule has 0 atom stereocenters. The first-order chi connectivity index (χ1) is 10.5. The second-order valence-corrected chi connectivity index (χ2v) is 6.29. The lowest BCUT2D eigenvalue weighted by Gasteiger charge is -2.17. The topological polar surface area (TPSA) is 67.4 Å². The van der Waals surface area contributed by atoms with Crippen LogP contribution in [0.1, 0.15) is 31.4 Å². The summed E-state index contributed by atoms with van der Waals surface area (Å²) in [5.74, 6) is -0.464. The molecule has 2 aromatic heterocycles. The van der Waals surface area contributed by atoms with E-state index in [2.05, 4.69) is 11.1 Å². The number of nitriles is 1. The molecule has 2 heterocycles. The average molecular weight is 338 g/mol. The Balaban J connectivity index is 1.76. The molecule has 0 bridgehead atoms. The van der Waals surface area contributed by atoms with Crippen molar-refractivity contribution in [1.82, 2.24) is 9.38 Å². The van der Waals surface area contributed by atoms with Crippen LogP contribution in [0.3, 0.4) is 0 Å². The zero-order chi connectivity index (χ0) is 15.7. The Hall–Kier alpha value is -1.77. The highest BCUT2D eigenvalue weighted by Gasteiger charge is 2.43. The van der Waals surface area contributed by atoms with Gasteiger partial charge in [-0.15, -0.1) is 0 Å². The van der Waals surface area contributed by atoms with Crippen molar-refractivity contribution in [3.63, 3.8) is 0 Å². The molecular weight excluding hydrogens is 325 g/mol. The van der Waals surface area contributed by atoms with E-state index >= 15 is 0 Å². The van der Waals surface area contributed by atoms with Crippen LogP contribution in [0.2, 0.25) is 10.0 Å². The zero-order valence-corrected chi connectivity index (χ0v) is 13.2. The van der Waals surface area contributed by atoms with Gasteiger partial charge in [0.1, 0.15) is 6.61 Å². The van der Waals surface area contributed by atoms with E-state index in [-0.39, 0.29) is 6.61 Å². The highest BCUT2D eigenvalue weighted by Crippen LogP contribution is 2.38. The summed E-state index contributed by atoms with van der Waals surface area (Å²) in [6.07, 6.45) is 6.27. The van der Waals surface area contributed by atoms with E-state index in [0.29, 0.717) is 34.2 Å². The molecule has 0 saturated heterocycles. The summed E-state index contributed by atoms with van der Waals surface area (Å²) in [4.78, 5) is 16.5. The molecule has 114 valence electrons. The van der Waals surface area contributed by atoms with Gasteiger partial charge in [0.25, 0.3) is 0 Å². The number of esters is 1. The van der Waals surface area contributed by atoms with Gasteiger partial charge in [0.05, 0.1) is 21.8 Å². The van der Waals surface area contributed by atoms with E-state index in [4.69, 9.17) is 27.9 Å². The first-order valence-corrected chi connectivity index (χ1v) is 7.71. The van der Waals surface area contributed by atoms with Crippen LogP contribution >= 0.6 is 23.2 Å². The van der Waals surface area contributed by atoms with Crippen LogP contribution in [-0.2, 0) is 16.1 Å². The zero-order valence-electron chi connectivity index (χ0n) is 11.7. The second-order valence-electron chi connectivity index (χ2n) is 5.45. The predicted octanol–water partition coefficient (Wildman–Crippen LogP) is 3.77. The standard InChI is InChI=1S/C15H13Cl2N3O2/c16-10-5-12(17)13-19-11(7-20(13)6-10)8-22-14(21)15(9-18)3-1-2-4-15/h5-7H,1-4,8H2. The third-order valence-electron chi connectivity index (χ3n) is 3.94. The Morgan fingerprint density at radius 3 is 2.82 bits per heavy atom. The normalized spacial score (nSPS) is 16.6. The van der Waals surface area contributed by atoms with Gasteiger partial charge < -0.3 is 9.14 Å². The summed E-state index contributed by atoms with van der Waals surface area (Å²) >= 11 is 12.0. The molecule has 7 heteroatoms. The lowest BCUT2D eigenvalue weighted by atomic mass is 9.88. The quantitative estimate of drug-likeness (QED) is 0.799. The minimum absolute atomic E-state index is 0.0118. The maximum absolute atomic E-state index is 12.2. The Labute approximate surface area is 137 Å². The van der Waals surface area contributed by atoms with Crippen molar-refractivity contribution >= 4 is 34.8 Å². The average Bonchev–Trinajstić information content (AvgIpc) is 3.11.